The number of benzene rings is 1. The summed E-state index contributed by atoms with van der Waals surface area (Å²) in [5.41, 5.74) is 0.876. The highest BCUT2D eigenvalue weighted by molar-refractivity contribution is 5.92. The van der Waals surface area contributed by atoms with Crippen molar-refractivity contribution in [1.82, 2.24) is 19.7 Å². The highest BCUT2D eigenvalue weighted by Crippen LogP contribution is 2.28. The maximum atomic E-state index is 14.8. The van der Waals surface area contributed by atoms with Gasteiger partial charge < -0.3 is 4.74 Å². The number of carbonyl (C=O) groups excluding carboxylic acids is 1. The lowest BCUT2D eigenvalue weighted by molar-refractivity contribution is -0.142. The lowest BCUT2D eigenvalue weighted by Gasteiger charge is -2.43. The number of pyridine rings is 1. The van der Waals surface area contributed by atoms with Crippen molar-refractivity contribution in [3.8, 4) is 11.1 Å². The van der Waals surface area contributed by atoms with Gasteiger partial charge in [-0.05, 0) is 23.1 Å². The summed E-state index contributed by atoms with van der Waals surface area (Å²) < 4.78 is 21.5. The van der Waals surface area contributed by atoms with E-state index >= 15 is 0 Å². The van der Waals surface area contributed by atoms with Crippen LogP contribution < -0.4 is 0 Å². The van der Waals surface area contributed by atoms with E-state index in [0.29, 0.717) is 18.8 Å². The van der Waals surface area contributed by atoms with Gasteiger partial charge in [0.15, 0.2) is 11.5 Å². The van der Waals surface area contributed by atoms with Crippen molar-refractivity contribution < 1.29 is 13.9 Å². The normalized spacial score (nSPS) is 16.2. The average Bonchev–Trinajstić information content (AvgIpc) is 3.10. The van der Waals surface area contributed by atoms with Gasteiger partial charge in [-0.15, -0.1) is 0 Å². The van der Waals surface area contributed by atoms with Crippen LogP contribution in [0.25, 0.3) is 21.9 Å². The minimum absolute atomic E-state index is 0.00166. The molecule has 1 fully saturated rings. The third kappa shape index (κ3) is 3.68. The number of ketones is 1. The summed E-state index contributed by atoms with van der Waals surface area (Å²) in [5, 5.41) is 6.16. The molecule has 1 aliphatic heterocycles. The summed E-state index contributed by atoms with van der Waals surface area (Å²) in [5.74, 6) is -0.406. The fraction of sp³-hybridized carbons (Fsp3) is 0.381. The Hall–Kier alpha value is -2.64. The molecule has 0 unspecified atom stereocenters. The quantitative estimate of drug-likeness (QED) is 0.628. The molecule has 0 N–H and O–H groups in total. The number of likely N-dealkylation sites (tertiary alicyclic amines) is 1. The van der Waals surface area contributed by atoms with Crippen LogP contribution in [0, 0.1) is 0 Å². The van der Waals surface area contributed by atoms with E-state index in [-0.39, 0.29) is 19.5 Å². The minimum Gasteiger partial charge on any atom is -0.383 e. The fourth-order valence-electron chi connectivity index (χ4n) is 3.57. The smallest absolute Gasteiger partial charge is 0.194 e. The molecule has 6 nitrogen and oxygen atoms in total. The number of fused-ring (bicyclic) bond motifs is 1. The van der Waals surface area contributed by atoms with Crippen LogP contribution in [0.4, 0.5) is 4.39 Å². The summed E-state index contributed by atoms with van der Waals surface area (Å²) in [6, 6.07) is 7.93. The Morgan fingerprint density at radius 2 is 2.04 bits per heavy atom. The van der Waals surface area contributed by atoms with E-state index in [9.17, 15) is 9.18 Å². The first-order valence-corrected chi connectivity index (χ1v) is 9.28. The molecule has 0 saturated carbocycles. The molecular weight excluding hydrogens is 359 g/mol. The molecule has 0 spiro atoms. The SMILES string of the molecule is COCCN1CC(F)(C(=O)Cc2cc3cc(-c4cnn(C)c4)ccc3cn2)C1. The number of alkyl halides is 1. The van der Waals surface area contributed by atoms with E-state index in [1.54, 1.807) is 18.0 Å². The monoisotopic (exact) mass is 382 g/mol. The second kappa shape index (κ2) is 7.41. The molecule has 1 saturated heterocycles. The molecule has 3 heterocycles. The molecule has 0 atom stereocenters. The van der Waals surface area contributed by atoms with Crippen molar-refractivity contribution >= 4 is 16.6 Å². The third-order valence-corrected chi connectivity index (χ3v) is 5.22. The van der Waals surface area contributed by atoms with E-state index in [2.05, 4.69) is 10.1 Å². The summed E-state index contributed by atoms with van der Waals surface area (Å²) in [4.78, 5) is 18.7. The predicted octanol–water partition coefficient (Wildman–Crippen LogP) is 2.42. The molecule has 28 heavy (non-hydrogen) atoms. The molecule has 7 heteroatoms. The Morgan fingerprint density at radius 1 is 1.21 bits per heavy atom. The summed E-state index contributed by atoms with van der Waals surface area (Å²) in [6.45, 7) is 1.44. The largest absolute Gasteiger partial charge is 0.383 e. The number of hydrogen-bond donors (Lipinski definition) is 0. The number of nitrogens with zero attached hydrogens (tertiary/aromatic N) is 4. The van der Waals surface area contributed by atoms with Gasteiger partial charge in [0.1, 0.15) is 0 Å². The summed E-state index contributed by atoms with van der Waals surface area (Å²) >= 11 is 0. The molecule has 0 aliphatic carbocycles. The van der Waals surface area contributed by atoms with E-state index in [1.807, 2.05) is 48.6 Å². The molecule has 3 aromatic rings. The first-order valence-electron chi connectivity index (χ1n) is 9.28. The van der Waals surface area contributed by atoms with Crippen LogP contribution in [0.15, 0.2) is 42.9 Å². The van der Waals surface area contributed by atoms with Crippen molar-refractivity contribution in [2.45, 2.75) is 12.1 Å². The van der Waals surface area contributed by atoms with Gasteiger partial charge in [-0.1, -0.05) is 12.1 Å². The second-order valence-corrected chi connectivity index (χ2v) is 7.41. The zero-order valence-corrected chi connectivity index (χ0v) is 16.1. The summed E-state index contributed by atoms with van der Waals surface area (Å²) in [7, 11) is 3.49. The maximum Gasteiger partial charge on any atom is 0.194 e. The van der Waals surface area contributed by atoms with Gasteiger partial charge in [-0.2, -0.15) is 5.10 Å². The van der Waals surface area contributed by atoms with Gasteiger partial charge in [-0.25, -0.2) is 4.39 Å². The molecule has 0 amide bonds. The van der Waals surface area contributed by atoms with Gasteiger partial charge in [-0.3, -0.25) is 19.4 Å². The number of carbonyl (C=O) groups is 1. The van der Waals surface area contributed by atoms with Gasteiger partial charge in [0.25, 0.3) is 0 Å². The Morgan fingerprint density at radius 3 is 2.75 bits per heavy atom. The molecule has 2 aromatic heterocycles. The molecule has 146 valence electrons. The Kier molecular flexibility index (Phi) is 4.95. The molecule has 1 aromatic carbocycles. The van der Waals surface area contributed by atoms with E-state index in [4.69, 9.17) is 4.74 Å². The van der Waals surface area contributed by atoms with Crippen molar-refractivity contribution in [2.24, 2.45) is 7.05 Å². The standard InChI is InChI=1S/C21H23FN4O2/c1-25-12-18(11-24-25)15-3-4-16-10-23-19(8-17(16)7-15)9-20(27)21(22)13-26(14-21)5-6-28-2/h3-4,7-8,10-12H,5-6,9,13-14H2,1-2H3. The number of methoxy groups -OCH3 is 1. The van der Waals surface area contributed by atoms with Crippen LogP contribution in [0.3, 0.4) is 0 Å². The first-order chi connectivity index (χ1) is 13.5. The molecule has 0 radical (unpaired) electrons. The maximum absolute atomic E-state index is 14.8. The molecule has 1 aliphatic rings. The zero-order valence-electron chi connectivity index (χ0n) is 16.1. The molecule has 4 rings (SSSR count). The number of ether oxygens (including phenoxy) is 1. The average molecular weight is 382 g/mol. The number of rotatable bonds is 7. The fourth-order valence-corrected chi connectivity index (χ4v) is 3.57. The number of hydrogen-bond acceptors (Lipinski definition) is 5. The van der Waals surface area contributed by atoms with Crippen LogP contribution in [-0.4, -0.2) is 64.5 Å². The van der Waals surface area contributed by atoms with Gasteiger partial charge in [0.2, 0.25) is 0 Å². The highest BCUT2D eigenvalue weighted by atomic mass is 19.1. The van der Waals surface area contributed by atoms with Crippen molar-refractivity contribution in [3.63, 3.8) is 0 Å². The van der Waals surface area contributed by atoms with Crippen LogP contribution in [0.1, 0.15) is 5.69 Å². The number of Topliss-reactive ketones (excluding diaryl/α,β-unsaturated/α-hetero) is 1. The Labute approximate surface area is 162 Å². The van der Waals surface area contributed by atoms with Crippen LogP contribution in [-0.2, 0) is 23.0 Å². The number of halogens is 1. The van der Waals surface area contributed by atoms with Crippen molar-refractivity contribution in [3.05, 3.63) is 48.5 Å². The number of aromatic nitrogens is 3. The summed E-state index contributed by atoms with van der Waals surface area (Å²) in [6.07, 6.45) is 5.50. The highest BCUT2D eigenvalue weighted by Gasteiger charge is 2.49. The van der Waals surface area contributed by atoms with E-state index < -0.39 is 11.5 Å². The topological polar surface area (TPSA) is 60.2 Å². The van der Waals surface area contributed by atoms with Gasteiger partial charge >= 0.3 is 0 Å². The lowest BCUT2D eigenvalue weighted by atomic mass is 9.88. The minimum atomic E-state index is -1.78. The predicted molar refractivity (Wildman–Crippen MR) is 105 cm³/mol. The van der Waals surface area contributed by atoms with Crippen molar-refractivity contribution in [2.75, 3.05) is 33.4 Å². The molecule has 0 bridgehead atoms. The van der Waals surface area contributed by atoms with Crippen LogP contribution >= 0.6 is 0 Å². The van der Waals surface area contributed by atoms with Gasteiger partial charge in [0.05, 0.1) is 19.2 Å². The second-order valence-electron chi connectivity index (χ2n) is 7.41. The molecular formula is C21H23FN4O2. The Bertz CT molecular complexity index is 1010. The van der Waals surface area contributed by atoms with Crippen LogP contribution in [0.2, 0.25) is 0 Å². The third-order valence-electron chi connectivity index (χ3n) is 5.22. The van der Waals surface area contributed by atoms with E-state index in [0.717, 1.165) is 21.9 Å². The zero-order chi connectivity index (χ0) is 19.7. The van der Waals surface area contributed by atoms with Gasteiger partial charge in [0, 0.05) is 62.8 Å². The first kappa shape index (κ1) is 18.7. The lowest BCUT2D eigenvalue weighted by Crippen LogP contribution is -2.64. The van der Waals surface area contributed by atoms with Crippen LogP contribution in [0.5, 0.6) is 0 Å². The number of aryl methyl sites for hydroxylation is 1. The van der Waals surface area contributed by atoms with E-state index in [1.165, 1.54) is 0 Å². The Balaban J connectivity index is 1.49. The van der Waals surface area contributed by atoms with Crippen molar-refractivity contribution in [1.29, 1.82) is 0 Å².